The first-order chi connectivity index (χ1) is 17.6. The van der Waals surface area contributed by atoms with Gasteiger partial charge in [-0.2, -0.15) is 4.99 Å². The van der Waals surface area contributed by atoms with E-state index in [0.29, 0.717) is 43.8 Å². The number of pyridine rings is 1. The molecular formula is C24H25F3N8OS. The molecule has 0 radical (unpaired) electrons. The van der Waals surface area contributed by atoms with Crippen LogP contribution in [0.3, 0.4) is 0 Å². The minimum atomic E-state index is -4.79. The van der Waals surface area contributed by atoms with Crippen molar-refractivity contribution in [3.63, 3.8) is 0 Å². The van der Waals surface area contributed by atoms with Gasteiger partial charge in [0.25, 0.3) is 0 Å². The standard InChI is InChI=1S/C24H25F3N8OS/c1-16-14-17(2)30-21(29-16)32-22(35-12-10-34(11-13-35)20-8-3-4-9-28-20)33-23(37)31-18-6-5-7-19(15-18)36-24(25,26)27/h3-9,14-15H,10-13H2,1-2H3,(H2,29,30,31,32,33,37). The van der Waals surface area contributed by atoms with E-state index < -0.39 is 6.36 Å². The van der Waals surface area contributed by atoms with E-state index in [0.717, 1.165) is 17.2 Å². The zero-order chi connectivity index (χ0) is 26.4. The number of piperazine rings is 1. The van der Waals surface area contributed by atoms with Gasteiger partial charge < -0.3 is 19.9 Å². The van der Waals surface area contributed by atoms with Crippen LogP contribution in [-0.2, 0) is 0 Å². The number of rotatable bonds is 4. The van der Waals surface area contributed by atoms with E-state index in [9.17, 15) is 13.2 Å². The number of aryl methyl sites for hydroxylation is 2. The van der Waals surface area contributed by atoms with Gasteiger partial charge in [-0.3, -0.25) is 5.32 Å². The minimum Gasteiger partial charge on any atom is -0.406 e. The highest BCUT2D eigenvalue weighted by atomic mass is 32.1. The van der Waals surface area contributed by atoms with Gasteiger partial charge in [-0.15, -0.1) is 13.2 Å². The van der Waals surface area contributed by atoms with Gasteiger partial charge in [-0.05, 0) is 56.4 Å². The van der Waals surface area contributed by atoms with E-state index in [-0.39, 0.29) is 10.9 Å². The van der Waals surface area contributed by atoms with Crippen molar-refractivity contribution >= 4 is 40.7 Å². The molecule has 9 nitrogen and oxygen atoms in total. The fourth-order valence-electron chi connectivity index (χ4n) is 3.77. The Labute approximate surface area is 217 Å². The van der Waals surface area contributed by atoms with Crippen molar-refractivity contribution in [2.45, 2.75) is 20.2 Å². The summed E-state index contributed by atoms with van der Waals surface area (Å²) in [5, 5.41) is 6.06. The summed E-state index contributed by atoms with van der Waals surface area (Å²) in [5.41, 5.74) is 1.88. The van der Waals surface area contributed by atoms with Gasteiger partial charge in [-0.1, -0.05) is 12.1 Å². The summed E-state index contributed by atoms with van der Waals surface area (Å²) in [6.45, 7) is 6.36. The Bertz CT molecular complexity index is 1240. The SMILES string of the molecule is Cc1cc(C)nc(N/C(=N/C(=S)Nc2cccc(OC(F)(F)F)c2)N2CCN(c3ccccn3)CC2)n1. The summed E-state index contributed by atoms with van der Waals surface area (Å²) >= 11 is 5.41. The highest BCUT2D eigenvalue weighted by molar-refractivity contribution is 7.80. The van der Waals surface area contributed by atoms with Crippen LogP contribution in [0.1, 0.15) is 11.4 Å². The third-order valence-corrected chi connectivity index (χ3v) is 5.48. The van der Waals surface area contributed by atoms with Crippen LogP contribution in [0.5, 0.6) is 5.75 Å². The molecule has 37 heavy (non-hydrogen) atoms. The lowest BCUT2D eigenvalue weighted by Crippen LogP contribution is -2.51. The van der Waals surface area contributed by atoms with Gasteiger partial charge in [-0.25, -0.2) is 15.0 Å². The Morgan fingerprint density at radius 3 is 2.35 bits per heavy atom. The Kier molecular flexibility index (Phi) is 8.01. The monoisotopic (exact) mass is 530 g/mol. The molecule has 194 valence electrons. The van der Waals surface area contributed by atoms with Crippen molar-refractivity contribution in [1.82, 2.24) is 19.9 Å². The van der Waals surface area contributed by atoms with E-state index in [1.54, 1.807) is 12.3 Å². The molecule has 0 aliphatic carbocycles. The van der Waals surface area contributed by atoms with Crippen LogP contribution in [-0.4, -0.2) is 63.5 Å². The van der Waals surface area contributed by atoms with Crippen LogP contribution < -0.4 is 20.3 Å². The number of hydrogen-bond donors (Lipinski definition) is 2. The average Bonchev–Trinajstić information content (AvgIpc) is 2.83. The van der Waals surface area contributed by atoms with Crippen LogP contribution in [0.25, 0.3) is 0 Å². The van der Waals surface area contributed by atoms with Crippen molar-refractivity contribution in [2.24, 2.45) is 4.99 Å². The molecule has 0 atom stereocenters. The van der Waals surface area contributed by atoms with Gasteiger partial charge in [0.2, 0.25) is 17.0 Å². The molecule has 0 unspecified atom stereocenters. The molecule has 1 fully saturated rings. The predicted molar refractivity (Wildman–Crippen MR) is 140 cm³/mol. The first-order valence-corrected chi connectivity index (χ1v) is 11.8. The van der Waals surface area contributed by atoms with Crippen LogP contribution in [0, 0.1) is 13.8 Å². The Morgan fingerprint density at radius 2 is 1.70 bits per heavy atom. The molecule has 2 N–H and O–H groups in total. The number of nitrogens with zero attached hydrogens (tertiary/aromatic N) is 6. The van der Waals surface area contributed by atoms with Gasteiger partial charge in [0, 0.05) is 55.5 Å². The summed E-state index contributed by atoms with van der Waals surface area (Å²) in [6.07, 6.45) is -3.04. The smallest absolute Gasteiger partial charge is 0.406 e. The van der Waals surface area contributed by atoms with Crippen molar-refractivity contribution < 1.29 is 17.9 Å². The molecule has 0 amide bonds. The molecule has 13 heteroatoms. The Morgan fingerprint density at radius 1 is 0.973 bits per heavy atom. The second kappa shape index (κ2) is 11.4. The van der Waals surface area contributed by atoms with E-state index >= 15 is 0 Å². The second-order valence-corrected chi connectivity index (χ2v) is 8.59. The van der Waals surface area contributed by atoms with Crippen molar-refractivity contribution in [3.05, 3.63) is 66.1 Å². The number of benzene rings is 1. The number of anilines is 3. The molecule has 4 rings (SSSR count). The fraction of sp³-hybridized carbons (Fsp3) is 0.292. The number of alkyl halides is 3. The summed E-state index contributed by atoms with van der Waals surface area (Å²) in [7, 11) is 0. The van der Waals surface area contributed by atoms with Crippen molar-refractivity contribution in [3.8, 4) is 5.75 Å². The highest BCUT2D eigenvalue weighted by Gasteiger charge is 2.31. The largest absolute Gasteiger partial charge is 0.573 e. The molecule has 1 saturated heterocycles. The molecule has 3 aromatic rings. The molecule has 1 aliphatic rings. The topological polar surface area (TPSA) is 90.8 Å². The fourth-order valence-corrected chi connectivity index (χ4v) is 3.97. The normalized spacial score (nSPS) is 14.4. The average molecular weight is 531 g/mol. The predicted octanol–water partition coefficient (Wildman–Crippen LogP) is 4.37. The molecule has 0 saturated carbocycles. The summed E-state index contributed by atoms with van der Waals surface area (Å²) in [4.78, 5) is 22.0. The maximum absolute atomic E-state index is 12.6. The van der Waals surface area contributed by atoms with E-state index in [4.69, 9.17) is 12.2 Å². The number of hydrogen-bond acceptors (Lipinski definition) is 6. The van der Waals surface area contributed by atoms with E-state index in [1.165, 1.54) is 18.2 Å². The number of halogens is 3. The number of aromatic nitrogens is 3. The summed E-state index contributed by atoms with van der Waals surface area (Å²) in [6, 6.07) is 13.0. The number of ether oxygens (including phenoxy) is 1. The maximum atomic E-state index is 12.6. The maximum Gasteiger partial charge on any atom is 0.573 e. The molecule has 3 heterocycles. The zero-order valence-corrected chi connectivity index (χ0v) is 21.0. The highest BCUT2D eigenvalue weighted by Crippen LogP contribution is 2.25. The third kappa shape index (κ3) is 7.74. The van der Waals surface area contributed by atoms with E-state index in [2.05, 4.69) is 40.2 Å². The molecule has 1 aromatic carbocycles. The number of guanidine groups is 1. The first-order valence-electron chi connectivity index (χ1n) is 11.4. The Balaban J connectivity index is 1.52. The van der Waals surface area contributed by atoms with Crippen LogP contribution >= 0.6 is 12.2 Å². The van der Waals surface area contributed by atoms with Gasteiger partial charge in [0.15, 0.2) is 0 Å². The molecule has 1 aliphatic heterocycles. The van der Waals surface area contributed by atoms with Crippen LogP contribution in [0.2, 0.25) is 0 Å². The quantitative estimate of drug-likeness (QED) is 0.290. The lowest BCUT2D eigenvalue weighted by atomic mass is 10.3. The minimum absolute atomic E-state index is 0.0446. The van der Waals surface area contributed by atoms with Gasteiger partial charge in [0.05, 0.1) is 0 Å². The number of aliphatic imine (C=N–C) groups is 1. The van der Waals surface area contributed by atoms with Crippen LogP contribution in [0.15, 0.2) is 59.7 Å². The van der Waals surface area contributed by atoms with Crippen LogP contribution in [0.4, 0.5) is 30.6 Å². The zero-order valence-electron chi connectivity index (χ0n) is 20.2. The van der Waals surface area contributed by atoms with E-state index in [1.807, 2.05) is 43.0 Å². The van der Waals surface area contributed by atoms with Crippen molar-refractivity contribution in [2.75, 3.05) is 41.7 Å². The molecule has 2 aromatic heterocycles. The first kappa shape index (κ1) is 26.1. The lowest BCUT2D eigenvalue weighted by molar-refractivity contribution is -0.274. The number of thiocarbonyl (C=S) groups is 1. The van der Waals surface area contributed by atoms with Gasteiger partial charge >= 0.3 is 6.36 Å². The summed E-state index contributed by atoms with van der Waals surface area (Å²) in [5.74, 6) is 1.32. The summed E-state index contributed by atoms with van der Waals surface area (Å²) < 4.78 is 41.8. The number of nitrogens with one attached hydrogen (secondary N) is 2. The molecule has 0 spiro atoms. The van der Waals surface area contributed by atoms with Gasteiger partial charge in [0.1, 0.15) is 11.6 Å². The second-order valence-electron chi connectivity index (χ2n) is 8.20. The third-order valence-electron chi connectivity index (χ3n) is 5.28. The van der Waals surface area contributed by atoms with Crippen molar-refractivity contribution in [1.29, 1.82) is 0 Å². The molecular weight excluding hydrogens is 505 g/mol. The molecule has 0 bridgehead atoms. The lowest BCUT2D eigenvalue weighted by Gasteiger charge is -2.36. The Hall–Kier alpha value is -4.00.